The molecule has 0 atom stereocenters. The summed E-state index contributed by atoms with van der Waals surface area (Å²) in [4.78, 5) is 25.2. The van der Waals surface area contributed by atoms with Gasteiger partial charge in [-0.2, -0.15) is 11.3 Å². The minimum Gasteiger partial charge on any atom is -0.446 e. The fourth-order valence-corrected chi connectivity index (χ4v) is 4.73. The number of hydrogen-bond acceptors (Lipinski definition) is 5. The van der Waals surface area contributed by atoms with Crippen LogP contribution in [0.15, 0.2) is 41.1 Å². The number of hydrogen-bond donors (Lipinski definition) is 1. The second-order valence-electron chi connectivity index (χ2n) is 8.21. The average molecular weight is 443 g/mol. The lowest BCUT2D eigenvalue weighted by molar-refractivity contribution is -0.107. The first kappa shape index (κ1) is 23.5. The number of para-hydroxylation sites is 1. The normalized spacial score (nSPS) is 15.0. The van der Waals surface area contributed by atoms with Gasteiger partial charge in [-0.25, -0.2) is 4.79 Å². The minimum atomic E-state index is -0.365. The quantitative estimate of drug-likeness (QED) is 0.307. The van der Waals surface area contributed by atoms with E-state index in [1.165, 1.54) is 32.1 Å². The van der Waals surface area contributed by atoms with E-state index in [9.17, 15) is 9.59 Å². The van der Waals surface area contributed by atoms with Crippen LogP contribution in [0.2, 0.25) is 0 Å². The molecule has 1 aliphatic heterocycles. The third-order valence-electron chi connectivity index (χ3n) is 5.85. The number of rotatable bonds is 12. The highest BCUT2D eigenvalue weighted by atomic mass is 32.1. The lowest BCUT2D eigenvalue weighted by Gasteiger charge is -2.31. The summed E-state index contributed by atoms with van der Waals surface area (Å²) in [7, 11) is 0. The van der Waals surface area contributed by atoms with Crippen LogP contribution in [-0.2, 0) is 9.53 Å². The number of carbonyl (C=O) groups excluding carboxylic acids is 2. The van der Waals surface area contributed by atoms with Gasteiger partial charge in [0.25, 0.3) is 0 Å². The zero-order valence-corrected chi connectivity index (χ0v) is 19.1. The fraction of sp³-hybridized carbons (Fsp3) is 0.520. The maximum atomic E-state index is 12.5. The van der Waals surface area contributed by atoms with Gasteiger partial charge in [0.2, 0.25) is 0 Å². The van der Waals surface area contributed by atoms with E-state index in [1.54, 1.807) is 11.3 Å². The summed E-state index contributed by atoms with van der Waals surface area (Å²) >= 11 is 1.64. The van der Waals surface area contributed by atoms with Crippen molar-refractivity contribution >= 4 is 29.4 Å². The van der Waals surface area contributed by atoms with Crippen LogP contribution in [0.5, 0.6) is 0 Å². The molecule has 1 aliphatic rings. The Hall–Kier alpha value is -2.18. The monoisotopic (exact) mass is 442 g/mol. The largest absolute Gasteiger partial charge is 0.446 e. The molecule has 1 fully saturated rings. The minimum absolute atomic E-state index is 0.0117. The van der Waals surface area contributed by atoms with Crippen molar-refractivity contribution in [2.24, 2.45) is 0 Å². The van der Waals surface area contributed by atoms with Crippen molar-refractivity contribution in [3.05, 3.63) is 41.1 Å². The molecule has 5 nitrogen and oxygen atoms in total. The standard InChI is InChI=1S/C25H34N2O3S/c28-18-9-5-3-1-2-4-8-15-27-16-12-22(13-17-27)30-25(29)26-24-11-7-6-10-23(24)21-14-19-31-20-21/h6-7,10-11,14,18-20,22H,1-5,8-9,12-13,15-17H2,(H,26,29). The Labute approximate surface area is 189 Å². The summed E-state index contributed by atoms with van der Waals surface area (Å²) in [6.07, 6.45) is 10.3. The molecule has 2 aromatic rings. The number of benzene rings is 1. The van der Waals surface area contributed by atoms with E-state index in [1.807, 2.05) is 29.6 Å². The summed E-state index contributed by atoms with van der Waals surface area (Å²) < 4.78 is 5.71. The van der Waals surface area contributed by atoms with Crippen LogP contribution in [0, 0.1) is 0 Å². The summed E-state index contributed by atoms with van der Waals surface area (Å²) in [6.45, 7) is 3.10. The van der Waals surface area contributed by atoms with E-state index in [-0.39, 0.29) is 12.2 Å². The summed E-state index contributed by atoms with van der Waals surface area (Å²) in [5, 5.41) is 7.05. The molecule has 3 rings (SSSR count). The molecule has 0 spiro atoms. The first-order valence-electron chi connectivity index (χ1n) is 11.5. The molecule has 1 aromatic heterocycles. The number of unbranched alkanes of at least 4 members (excludes halogenated alkanes) is 6. The molecule has 0 radical (unpaired) electrons. The van der Waals surface area contributed by atoms with Gasteiger partial charge in [0, 0.05) is 25.1 Å². The number of likely N-dealkylation sites (tertiary alicyclic amines) is 1. The lowest BCUT2D eigenvalue weighted by atomic mass is 10.1. The smallest absolute Gasteiger partial charge is 0.411 e. The highest BCUT2D eigenvalue weighted by Crippen LogP contribution is 2.29. The van der Waals surface area contributed by atoms with Crippen molar-refractivity contribution in [3.63, 3.8) is 0 Å². The molecule has 6 heteroatoms. The fourth-order valence-electron chi connectivity index (χ4n) is 4.07. The number of aldehydes is 1. The molecule has 2 heterocycles. The van der Waals surface area contributed by atoms with Gasteiger partial charge in [-0.3, -0.25) is 5.32 Å². The Balaban J connectivity index is 1.32. The van der Waals surface area contributed by atoms with E-state index in [4.69, 9.17) is 4.74 Å². The number of nitrogens with one attached hydrogen (secondary N) is 1. The molecule has 31 heavy (non-hydrogen) atoms. The lowest BCUT2D eigenvalue weighted by Crippen LogP contribution is -2.38. The Morgan fingerprint density at radius 3 is 2.55 bits per heavy atom. The zero-order chi connectivity index (χ0) is 21.7. The third-order valence-corrected chi connectivity index (χ3v) is 6.53. The molecular weight excluding hydrogens is 408 g/mol. The Kier molecular flexibility index (Phi) is 10.1. The maximum absolute atomic E-state index is 12.5. The molecule has 1 saturated heterocycles. The van der Waals surface area contributed by atoms with Gasteiger partial charge in [-0.15, -0.1) is 0 Å². The van der Waals surface area contributed by atoms with Crippen LogP contribution in [0.4, 0.5) is 10.5 Å². The van der Waals surface area contributed by atoms with Gasteiger partial charge in [0.15, 0.2) is 0 Å². The van der Waals surface area contributed by atoms with Crippen molar-refractivity contribution in [2.45, 2.75) is 63.9 Å². The second-order valence-corrected chi connectivity index (χ2v) is 8.99. The highest BCUT2D eigenvalue weighted by Gasteiger charge is 2.22. The summed E-state index contributed by atoms with van der Waals surface area (Å²) in [6, 6.07) is 9.89. The summed E-state index contributed by atoms with van der Waals surface area (Å²) in [5.41, 5.74) is 2.91. The number of piperidine rings is 1. The van der Waals surface area contributed by atoms with E-state index in [2.05, 4.69) is 21.7 Å². The zero-order valence-electron chi connectivity index (χ0n) is 18.3. The molecule has 0 bridgehead atoms. The van der Waals surface area contributed by atoms with Crippen LogP contribution >= 0.6 is 11.3 Å². The van der Waals surface area contributed by atoms with Crippen LogP contribution in [-0.4, -0.2) is 43.0 Å². The molecule has 1 N–H and O–H groups in total. The number of ether oxygens (including phenoxy) is 1. The van der Waals surface area contributed by atoms with Crippen LogP contribution in [0.1, 0.15) is 57.8 Å². The van der Waals surface area contributed by atoms with Crippen molar-refractivity contribution in [2.75, 3.05) is 25.0 Å². The van der Waals surface area contributed by atoms with E-state index in [0.29, 0.717) is 6.42 Å². The van der Waals surface area contributed by atoms with Gasteiger partial charge in [0.1, 0.15) is 12.4 Å². The van der Waals surface area contributed by atoms with Crippen LogP contribution < -0.4 is 5.32 Å². The van der Waals surface area contributed by atoms with Gasteiger partial charge in [0.05, 0.1) is 5.69 Å². The summed E-state index contributed by atoms with van der Waals surface area (Å²) in [5.74, 6) is 0. The van der Waals surface area contributed by atoms with Gasteiger partial charge in [-0.1, -0.05) is 43.9 Å². The van der Waals surface area contributed by atoms with Crippen molar-refractivity contribution < 1.29 is 14.3 Å². The number of carbonyl (C=O) groups is 2. The van der Waals surface area contributed by atoms with Crippen LogP contribution in [0.3, 0.4) is 0 Å². The SMILES string of the molecule is O=CCCCCCCCCN1CCC(OC(=O)Nc2ccccc2-c2ccsc2)CC1. The molecule has 168 valence electrons. The van der Waals surface area contributed by atoms with Gasteiger partial charge in [-0.05, 0) is 60.7 Å². The van der Waals surface area contributed by atoms with E-state index in [0.717, 1.165) is 62.0 Å². The predicted octanol–water partition coefficient (Wildman–Crippen LogP) is 6.36. The molecule has 0 unspecified atom stereocenters. The third kappa shape index (κ3) is 8.11. The average Bonchev–Trinajstić information content (AvgIpc) is 3.32. The number of amides is 1. The molecular formula is C25H34N2O3S. The first-order valence-corrected chi connectivity index (χ1v) is 12.5. The number of nitrogens with zero attached hydrogens (tertiary/aromatic N) is 1. The second kappa shape index (κ2) is 13.3. The van der Waals surface area contributed by atoms with E-state index < -0.39 is 0 Å². The first-order chi connectivity index (χ1) is 15.3. The van der Waals surface area contributed by atoms with Gasteiger partial charge >= 0.3 is 6.09 Å². The Morgan fingerprint density at radius 1 is 1.06 bits per heavy atom. The molecule has 0 saturated carbocycles. The van der Waals surface area contributed by atoms with Crippen molar-refractivity contribution in [1.29, 1.82) is 0 Å². The predicted molar refractivity (Wildman–Crippen MR) is 128 cm³/mol. The number of thiophene rings is 1. The topological polar surface area (TPSA) is 58.6 Å². The molecule has 0 aliphatic carbocycles. The van der Waals surface area contributed by atoms with E-state index >= 15 is 0 Å². The number of anilines is 1. The van der Waals surface area contributed by atoms with Crippen LogP contribution in [0.25, 0.3) is 11.1 Å². The molecule has 1 amide bonds. The Bertz CT molecular complexity index is 786. The van der Waals surface area contributed by atoms with Crippen molar-refractivity contribution in [1.82, 2.24) is 4.90 Å². The molecule has 1 aromatic carbocycles. The Morgan fingerprint density at radius 2 is 1.81 bits per heavy atom. The highest BCUT2D eigenvalue weighted by molar-refractivity contribution is 7.08. The van der Waals surface area contributed by atoms with Crippen molar-refractivity contribution in [3.8, 4) is 11.1 Å². The maximum Gasteiger partial charge on any atom is 0.411 e. The van der Waals surface area contributed by atoms with Gasteiger partial charge < -0.3 is 14.4 Å².